The minimum absolute atomic E-state index is 0.0750. The van der Waals surface area contributed by atoms with Gasteiger partial charge in [0.05, 0.1) is 6.61 Å². The Morgan fingerprint density at radius 2 is 2.07 bits per heavy atom. The molecule has 0 amide bonds. The summed E-state index contributed by atoms with van der Waals surface area (Å²) < 4.78 is 0. The summed E-state index contributed by atoms with van der Waals surface area (Å²) in [6.07, 6.45) is 2.03. The Labute approximate surface area is 89.2 Å². The van der Waals surface area contributed by atoms with Crippen LogP contribution in [0.15, 0.2) is 30.5 Å². The van der Waals surface area contributed by atoms with E-state index in [1.807, 2.05) is 18.3 Å². The van der Waals surface area contributed by atoms with Crippen LogP contribution in [0.3, 0.4) is 0 Å². The molecular formula is C12H16N2O. The number of hydrogen-bond acceptors (Lipinski definition) is 2. The highest BCUT2D eigenvalue weighted by atomic mass is 16.6. The number of benzene rings is 1. The summed E-state index contributed by atoms with van der Waals surface area (Å²) in [6, 6.07) is 8.24. The van der Waals surface area contributed by atoms with Crippen molar-refractivity contribution in [2.45, 2.75) is 19.3 Å². The minimum Gasteiger partial charge on any atom is -0.361 e. The highest BCUT2D eigenvalue weighted by Gasteiger charge is 2.23. The van der Waals surface area contributed by atoms with Crippen LogP contribution in [-0.2, 0) is 10.3 Å². The maximum Gasteiger partial charge on any atom is 0.0771 e. The topological polar surface area (TPSA) is 51.0 Å². The average Bonchev–Trinajstić information content (AvgIpc) is 2.61. The Kier molecular flexibility index (Phi) is 2.50. The normalized spacial score (nSPS) is 12.2. The lowest BCUT2D eigenvalue weighted by Crippen LogP contribution is -2.25. The van der Waals surface area contributed by atoms with Crippen molar-refractivity contribution >= 4 is 10.9 Å². The largest absolute Gasteiger partial charge is 0.361 e. The molecule has 3 heteroatoms. The first-order chi connectivity index (χ1) is 7.15. The molecule has 2 aromatic rings. The summed E-state index contributed by atoms with van der Waals surface area (Å²) in [7, 11) is 0. The number of para-hydroxylation sites is 1. The van der Waals surface area contributed by atoms with E-state index in [9.17, 15) is 0 Å². The maximum atomic E-state index is 5.15. The summed E-state index contributed by atoms with van der Waals surface area (Å²) in [5.74, 6) is 5.15. The van der Waals surface area contributed by atoms with E-state index in [-0.39, 0.29) is 5.41 Å². The first-order valence-corrected chi connectivity index (χ1v) is 5.03. The number of fused-ring (bicyclic) bond motifs is 1. The molecule has 0 unspecified atom stereocenters. The quantitative estimate of drug-likeness (QED) is 0.754. The van der Waals surface area contributed by atoms with Crippen LogP contribution in [-0.4, -0.2) is 11.6 Å². The predicted octanol–water partition coefficient (Wildman–Crippen LogP) is 2.34. The summed E-state index contributed by atoms with van der Waals surface area (Å²) in [4.78, 5) is 8.02. The molecule has 3 nitrogen and oxygen atoms in total. The van der Waals surface area contributed by atoms with Crippen LogP contribution in [0.2, 0.25) is 0 Å². The van der Waals surface area contributed by atoms with Crippen LogP contribution < -0.4 is 5.90 Å². The van der Waals surface area contributed by atoms with Crippen LogP contribution in [0.1, 0.15) is 19.4 Å². The molecule has 0 radical (unpaired) electrons. The number of aromatic nitrogens is 1. The van der Waals surface area contributed by atoms with Gasteiger partial charge in [0.2, 0.25) is 0 Å². The van der Waals surface area contributed by atoms with Gasteiger partial charge in [-0.3, -0.25) is 0 Å². The smallest absolute Gasteiger partial charge is 0.0771 e. The van der Waals surface area contributed by atoms with Gasteiger partial charge in [-0.25, -0.2) is 5.90 Å². The number of nitrogens with one attached hydrogen (secondary N) is 1. The van der Waals surface area contributed by atoms with Gasteiger partial charge in [0.1, 0.15) is 0 Å². The molecule has 1 aromatic heterocycles. The lowest BCUT2D eigenvalue weighted by Gasteiger charge is -2.22. The van der Waals surface area contributed by atoms with Crippen molar-refractivity contribution in [2.24, 2.45) is 5.90 Å². The zero-order valence-corrected chi connectivity index (χ0v) is 9.08. The van der Waals surface area contributed by atoms with Crippen molar-refractivity contribution < 1.29 is 4.84 Å². The van der Waals surface area contributed by atoms with Gasteiger partial charge in [0, 0.05) is 22.5 Å². The fourth-order valence-corrected chi connectivity index (χ4v) is 1.92. The molecule has 0 saturated heterocycles. The van der Waals surface area contributed by atoms with Crippen LogP contribution in [0.25, 0.3) is 10.9 Å². The molecule has 0 bridgehead atoms. The maximum absolute atomic E-state index is 5.15. The molecule has 15 heavy (non-hydrogen) atoms. The van der Waals surface area contributed by atoms with E-state index in [1.165, 1.54) is 10.9 Å². The zero-order chi connectivity index (χ0) is 10.9. The van der Waals surface area contributed by atoms with Gasteiger partial charge in [-0.15, -0.1) is 0 Å². The van der Waals surface area contributed by atoms with Gasteiger partial charge in [0.15, 0.2) is 0 Å². The van der Waals surface area contributed by atoms with Gasteiger partial charge in [-0.1, -0.05) is 32.0 Å². The first-order valence-electron chi connectivity index (χ1n) is 5.03. The van der Waals surface area contributed by atoms with E-state index >= 15 is 0 Å². The van der Waals surface area contributed by atoms with E-state index in [0.29, 0.717) is 6.61 Å². The highest BCUT2D eigenvalue weighted by molar-refractivity contribution is 5.84. The molecule has 1 heterocycles. The van der Waals surface area contributed by atoms with Gasteiger partial charge in [-0.05, 0) is 11.6 Å². The molecule has 0 saturated carbocycles. The van der Waals surface area contributed by atoms with Crippen LogP contribution in [0.4, 0.5) is 0 Å². The Hall–Kier alpha value is -1.32. The van der Waals surface area contributed by atoms with Gasteiger partial charge < -0.3 is 9.82 Å². The fourth-order valence-electron chi connectivity index (χ4n) is 1.92. The number of nitrogens with two attached hydrogens (primary N) is 1. The summed E-state index contributed by atoms with van der Waals surface area (Å²) in [6.45, 7) is 4.75. The number of H-pyrrole nitrogens is 1. The van der Waals surface area contributed by atoms with Gasteiger partial charge in [0.25, 0.3) is 0 Å². The number of aromatic amines is 1. The molecule has 2 rings (SSSR count). The third-order valence-corrected chi connectivity index (χ3v) is 2.76. The Bertz CT molecular complexity index is 459. The molecule has 0 spiro atoms. The van der Waals surface area contributed by atoms with Crippen LogP contribution in [0.5, 0.6) is 0 Å². The molecule has 0 fully saturated rings. The third kappa shape index (κ3) is 1.76. The van der Waals surface area contributed by atoms with E-state index in [4.69, 9.17) is 10.7 Å². The summed E-state index contributed by atoms with van der Waals surface area (Å²) >= 11 is 0. The van der Waals surface area contributed by atoms with Crippen molar-refractivity contribution in [1.82, 2.24) is 4.98 Å². The zero-order valence-electron chi connectivity index (χ0n) is 9.08. The van der Waals surface area contributed by atoms with Crippen molar-refractivity contribution in [3.63, 3.8) is 0 Å². The Balaban J connectivity index is 2.52. The average molecular weight is 204 g/mol. The Morgan fingerprint density at radius 1 is 1.33 bits per heavy atom. The second-order valence-electron chi connectivity index (χ2n) is 4.44. The van der Waals surface area contributed by atoms with E-state index in [2.05, 4.69) is 31.0 Å². The molecular weight excluding hydrogens is 188 g/mol. The molecule has 0 atom stereocenters. The van der Waals surface area contributed by atoms with Crippen molar-refractivity contribution in [3.05, 3.63) is 36.0 Å². The van der Waals surface area contributed by atoms with E-state index in [1.54, 1.807) is 0 Å². The summed E-state index contributed by atoms with van der Waals surface area (Å²) in [5.41, 5.74) is 2.31. The number of rotatable bonds is 3. The molecule has 3 N–H and O–H groups in total. The second-order valence-corrected chi connectivity index (χ2v) is 4.44. The molecule has 80 valence electrons. The van der Waals surface area contributed by atoms with Crippen molar-refractivity contribution in [3.8, 4) is 0 Å². The standard InChI is InChI=1S/C12H16N2O/c1-12(2,8-15-13)10-7-14-11-6-4-3-5-9(10)11/h3-7,14H,8,13H2,1-2H3. The highest BCUT2D eigenvalue weighted by Crippen LogP contribution is 2.30. The minimum atomic E-state index is -0.0750. The lowest BCUT2D eigenvalue weighted by molar-refractivity contribution is 0.0969. The molecule has 0 aliphatic heterocycles. The second kappa shape index (κ2) is 3.68. The third-order valence-electron chi connectivity index (χ3n) is 2.76. The predicted molar refractivity (Wildman–Crippen MR) is 61.5 cm³/mol. The molecule has 0 aliphatic rings. The van der Waals surface area contributed by atoms with E-state index in [0.717, 1.165) is 5.52 Å². The van der Waals surface area contributed by atoms with Crippen molar-refractivity contribution in [1.29, 1.82) is 0 Å². The molecule has 0 aliphatic carbocycles. The fraction of sp³-hybridized carbons (Fsp3) is 0.333. The van der Waals surface area contributed by atoms with Crippen LogP contribution in [0, 0.1) is 0 Å². The van der Waals surface area contributed by atoms with Gasteiger partial charge in [-0.2, -0.15) is 0 Å². The number of hydrogen-bond donors (Lipinski definition) is 2. The monoisotopic (exact) mass is 204 g/mol. The SMILES string of the molecule is CC(C)(CON)c1c[nH]c2ccccc12. The van der Waals surface area contributed by atoms with Crippen LogP contribution >= 0.6 is 0 Å². The van der Waals surface area contributed by atoms with Crippen molar-refractivity contribution in [2.75, 3.05) is 6.61 Å². The van der Waals surface area contributed by atoms with Gasteiger partial charge >= 0.3 is 0 Å². The first kappa shape index (κ1) is 10.2. The molecule has 1 aromatic carbocycles. The lowest BCUT2D eigenvalue weighted by atomic mass is 9.85. The van der Waals surface area contributed by atoms with E-state index < -0.39 is 0 Å². The Morgan fingerprint density at radius 3 is 2.80 bits per heavy atom. The summed E-state index contributed by atoms with van der Waals surface area (Å²) in [5, 5.41) is 1.24.